The van der Waals surface area contributed by atoms with Crippen LogP contribution in [0, 0.1) is 5.92 Å². The van der Waals surface area contributed by atoms with Crippen LogP contribution in [0.2, 0.25) is 0 Å². The summed E-state index contributed by atoms with van der Waals surface area (Å²) in [5, 5.41) is 0. The van der Waals surface area contributed by atoms with Crippen molar-refractivity contribution in [3.05, 3.63) is 0 Å². The van der Waals surface area contributed by atoms with Gasteiger partial charge in [-0.15, -0.1) is 0 Å². The van der Waals surface area contributed by atoms with Crippen molar-refractivity contribution in [1.29, 1.82) is 0 Å². The summed E-state index contributed by atoms with van der Waals surface area (Å²) in [6.45, 7) is 3.12. The largest absolute Gasteiger partial charge is 0.272 e. The predicted molar refractivity (Wildman–Crippen MR) is 27.3 cm³/mol. The van der Waals surface area contributed by atoms with Crippen LogP contribution in [-0.2, 0) is 4.79 Å². The van der Waals surface area contributed by atoms with Crippen LogP contribution >= 0.6 is 0 Å². The second-order valence-corrected chi connectivity index (χ2v) is 1.77. The van der Waals surface area contributed by atoms with Gasteiger partial charge in [0.15, 0.2) is 0 Å². The number of rotatable bonds is 1. The van der Waals surface area contributed by atoms with E-state index in [9.17, 15) is 4.79 Å². The second kappa shape index (κ2) is 1.45. The van der Waals surface area contributed by atoms with Crippen molar-refractivity contribution >= 4 is 12.6 Å². The lowest BCUT2D eigenvalue weighted by atomic mass is 10.4. The number of carbonyl (C=O) groups excluding carboxylic acids is 1. The van der Waals surface area contributed by atoms with Crippen molar-refractivity contribution in [3.8, 4) is 0 Å². The molecule has 0 aromatic rings. The van der Waals surface area contributed by atoms with Crippen molar-refractivity contribution in [2.45, 2.75) is 12.8 Å². The molecular formula is C5H7NO. The van der Waals surface area contributed by atoms with Gasteiger partial charge in [-0.25, -0.2) is 4.99 Å². The van der Waals surface area contributed by atoms with Gasteiger partial charge in [0.25, 0.3) is 0 Å². The van der Waals surface area contributed by atoms with Gasteiger partial charge in [0, 0.05) is 5.92 Å². The fourth-order valence-electron chi connectivity index (χ4n) is 0.459. The van der Waals surface area contributed by atoms with Crippen LogP contribution in [0.4, 0.5) is 0 Å². The first kappa shape index (κ1) is 4.50. The van der Waals surface area contributed by atoms with Gasteiger partial charge in [0.1, 0.15) is 0 Å². The van der Waals surface area contributed by atoms with Crippen molar-refractivity contribution in [3.63, 3.8) is 0 Å². The lowest BCUT2D eigenvalue weighted by Gasteiger charge is -1.78. The Kier molecular flexibility index (Phi) is 0.929. The summed E-state index contributed by atoms with van der Waals surface area (Å²) in [5.74, 6) is 0.220. The molecule has 38 valence electrons. The molecule has 0 atom stereocenters. The third kappa shape index (κ3) is 0.856. The molecule has 1 amide bonds. The van der Waals surface area contributed by atoms with E-state index >= 15 is 0 Å². The Hall–Kier alpha value is -0.660. The van der Waals surface area contributed by atoms with E-state index < -0.39 is 0 Å². The summed E-state index contributed by atoms with van der Waals surface area (Å²) in [6, 6.07) is 0. The van der Waals surface area contributed by atoms with Gasteiger partial charge in [0.2, 0.25) is 5.91 Å². The zero-order valence-corrected chi connectivity index (χ0v) is 4.05. The monoisotopic (exact) mass is 97.1 g/mol. The summed E-state index contributed by atoms with van der Waals surface area (Å²) in [7, 11) is 0. The van der Waals surface area contributed by atoms with E-state index in [2.05, 4.69) is 11.7 Å². The van der Waals surface area contributed by atoms with E-state index in [0.717, 1.165) is 12.8 Å². The summed E-state index contributed by atoms with van der Waals surface area (Å²) < 4.78 is 0. The highest BCUT2D eigenvalue weighted by atomic mass is 16.1. The minimum atomic E-state index is -0.0278. The van der Waals surface area contributed by atoms with Gasteiger partial charge in [-0.3, -0.25) is 4.79 Å². The Bertz CT molecular complexity index is 105. The smallest absolute Gasteiger partial charge is 0.248 e. The predicted octanol–water partition coefficient (Wildman–Crippen LogP) is 0.624. The molecule has 0 spiro atoms. The second-order valence-electron chi connectivity index (χ2n) is 1.77. The molecule has 0 unspecified atom stereocenters. The van der Waals surface area contributed by atoms with E-state index in [1.54, 1.807) is 0 Å². The summed E-state index contributed by atoms with van der Waals surface area (Å²) in [6.07, 6.45) is 2.05. The molecule has 2 nitrogen and oxygen atoms in total. The number of nitrogens with zero attached hydrogens (tertiary/aromatic N) is 1. The van der Waals surface area contributed by atoms with E-state index in [1.807, 2.05) is 0 Å². The molecule has 0 N–H and O–H groups in total. The van der Waals surface area contributed by atoms with Crippen molar-refractivity contribution in [1.82, 2.24) is 0 Å². The normalized spacial score (nSPS) is 18.9. The van der Waals surface area contributed by atoms with Gasteiger partial charge < -0.3 is 0 Å². The van der Waals surface area contributed by atoms with Crippen LogP contribution < -0.4 is 0 Å². The molecule has 0 saturated heterocycles. The number of carbonyl (C=O) groups is 1. The maximum atomic E-state index is 10.3. The maximum absolute atomic E-state index is 10.3. The minimum Gasteiger partial charge on any atom is -0.272 e. The molecule has 1 aliphatic rings. The van der Waals surface area contributed by atoms with E-state index in [-0.39, 0.29) is 11.8 Å². The van der Waals surface area contributed by atoms with Gasteiger partial charge in [-0.2, -0.15) is 0 Å². The average molecular weight is 97.1 g/mol. The third-order valence-electron chi connectivity index (χ3n) is 1.08. The third-order valence-corrected chi connectivity index (χ3v) is 1.08. The fraction of sp³-hybridized carbons (Fsp3) is 0.600. The molecule has 0 aromatic carbocycles. The topological polar surface area (TPSA) is 29.4 Å². The Morgan fingerprint density at radius 1 is 1.71 bits per heavy atom. The standard InChI is InChI=1S/C5H7NO/c1-6-5(7)4-2-3-4/h4H,1-3H2. The van der Waals surface area contributed by atoms with E-state index in [0.29, 0.717) is 0 Å². The molecule has 7 heavy (non-hydrogen) atoms. The minimum absolute atomic E-state index is 0.0278. The molecule has 1 saturated carbocycles. The molecule has 0 aliphatic heterocycles. The lowest BCUT2D eigenvalue weighted by Crippen LogP contribution is -1.91. The molecular weight excluding hydrogens is 90.1 g/mol. The Morgan fingerprint density at radius 2 is 2.29 bits per heavy atom. The summed E-state index contributed by atoms with van der Waals surface area (Å²) >= 11 is 0. The zero-order chi connectivity index (χ0) is 5.28. The molecule has 0 heterocycles. The summed E-state index contributed by atoms with van der Waals surface area (Å²) in [5.41, 5.74) is 0. The van der Waals surface area contributed by atoms with Crippen LogP contribution in [0.25, 0.3) is 0 Å². The van der Waals surface area contributed by atoms with Gasteiger partial charge in [-0.05, 0) is 19.6 Å². The molecule has 2 heteroatoms. The molecule has 0 aromatic heterocycles. The number of hydrogen-bond acceptors (Lipinski definition) is 1. The number of amides is 1. The zero-order valence-electron chi connectivity index (χ0n) is 4.05. The van der Waals surface area contributed by atoms with E-state index in [4.69, 9.17) is 0 Å². The van der Waals surface area contributed by atoms with Crippen LogP contribution in [0.5, 0.6) is 0 Å². The molecule has 1 rings (SSSR count). The van der Waals surface area contributed by atoms with Crippen LogP contribution in [0.1, 0.15) is 12.8 Å². The van der Waals surface area contributed by atoms with Crippen LogP contribution in [0.15, 0.2) is 4.99 Å². The molecule has 1 aliphatic carbocycles. The highest BCUT2D eigenvalue weighted by Crippen LogP contribution is 2.29. The van der Waals surface area contributed by atoms with Crippen molar-refractivity contribution < 1.29 is 4.79 Å². The SMILES string of the molecule is C=NC(=O)C1CC1. The van der Waals surface area contributed by atoms with Crippen molar-refractivity contribution in [2.24, 2.45) is 10.9 Å². The first-order chi connectivity index (χ1) is 3.34. The first-order valence-corrected chi connectivity index (χ1v) is 2.35. The quantitative estimate of drug-likeness (QED) is 0.441. The summed E-state index contributed by atoms with van der Waals surface area (Å²) in [4.78, 5) is 13.6. The Balaban J connectivity index is 2.37. The van der Waals surface area contributed by atoms with Crippen LogP contribution in [0.3, 0.4) is 0 Å². The fourth-order valence-corrected chi connectivity index (χ4v) is 0.459. The molecule has 1 fully saturated rings. The highest BCUT2D eigenvalue weighted by molar-refractivity contribution is 5.84. The van der Waals surface area contributed by atoms with Gasteiger partial charge >= 0.3 is 0 Å². The number of aliphatic imine (C=N–C) groups is 1. The Morgan fingerprint density at radius 3 is 2.43 bits per heavy atom. The first-order valence-electron chi connectivity index (χ1n) is 2.35. The van der Waals surface area contributed by atoms with Crippen LogP contribution in [-0.4, -0.2) is 12.6 Å². The molecule has 0 bridgehead atoms. The lowest BCUT2D eigenvalue weighted by molar-refractivity contribution is -0.118. The average Bonchev–Trinajstić information content (AvgIpc) is 2.44. The highest BCUT2D eigenvalue weighted by Gasteiger charge is 2.28. The maximum Gasteiger partial charge on any atom is 0.248 e. The number of hydrogen-bond donors (Lipinski definition) is 0. The van der Waals surface area contributed by atoms with Gasteiger partial charge in [-0.1, -0.05) is 0 Å². The molecule has 0 radical (unpaired) electrons. The Labute approximate surface area is 42.3 Å². The van der Waals surface area contributed by atoms with Gasteiger partial charge in [0.05, 0.1) is 0 Å². The van der Waals surface area contributed by atoms with Crippen molar-refractivity contribution in [2.75, 3.05) is 0 Å². The van der Waals surface area contributed by atoms with E-state index in [1.165, 1.54) is 0 Å².